The third-order valence-corrected chi connectivity index (χ3v) is 13.1. The normalized spacial score (nSPS) is 13.0. The summed E-state index contributed by atoms with van der Waals surface area (Å²) in [5.74, 6) is -0.586. The van der Waals surface area contributed by atoms with Crippen molar-refractivity contribution in [3.63, 3.8) is 0 Å². The van der Waals surface area contributed by atoms with E-state index in [4.69, 9.17) is 5.14 Å². The van der Waals surface area contributed by atoms with Crippen molar-refractivity contribution in [2.75, 3.05) is 56.1 Å². The molecule has 2 aliphatic rings. The highest BCUT2D eigenvalue weighted by Gasteiger charge is 2.26. The monoisotopic (exact) mass is 896 g/mol. The fourth-order valence-electron chi connectivity index (χ4n) is 7.65. The molecule has 0 unspecified atom stereocenters. The Hall–Kier alpha value is -4.97. The Morgan fingerprint density at radius 1 is 0.726 bits per heavy atom. The molecule has 14 nitrogen and oxygen atoms in total. The van der Waals surface area contributed by atoms with Crippen LogP contribution in [0.3, 0.4) is 0 Å². The fraction of sp³-hybridized carbons (Fsp3) is 0.455. The van der Waals surface area contributed by atoms with Gasteiger partial charge in [0.15, 0.2) is 0 Å². The van der Waals surface area contributed by atoms with Gasteiger partial charge in [-0.1, -0.05) is 27.7 Å². The molecule has 2 aromatic carbocycles. The Balaban J connectivity index is 0.000000230. The van der Waals surface area contributed by atoms with Crippen molar-refractivity contribution in [3.05, 3.63) is 95.1 Å². The topological polar surface area (TPSA) is 197 Å². The highest BCUT2D eigenvalue weighted by molar-refractivity contribution is 7.90. The van der Waals surface area contributed by atoms with Gasteiger partial charge in [-0.3, -0.25) is 9.97 Å². The number of benzene rings is 2. The first kappa shape index (κ1) is 49.7. The number of isocyanates is 1. The number of aliphatic imine (C=N–C) groups is 1. The van der Waals surface area contributed by atoms with Gasteiger partial charge in [0.25, 0.3) is 0 Å². The summed E-state index contributed by atoms with van der Waals surface area (Å²) in [5.41, 5.74) is 6.47. The second-order valence-corrected chi connectivity index (χ2v) is 18.4. The quantitative estimate of drug-likeness (QED) is 0.0740. The molecule has 4 N–H and O–H groups in total. The number of nitrogens with zero attached hydrogens (tertiary/aromatic N) is 5. The van der Waals surface area contributed by atoms with Crippen LogP contribution in [0.5, 0.6) is 0 Å². The molecule has 0 bridgehead atoms. The predicted molar refractivity (Wildman–Crippen MR) is 240 cm³/mol. The third kappa shape index (κ3) is 14.6. The van der Waals surface area contributed by atoms with Gasteiger partial charge in [-0.2, -0.15) is 4.99 Å². The van der Waals surface area contributed by atoms with E-state index in [-0.39, 0.29) is 23.1 Å². The summed E-state index contributed by atoms with van der Waals surface area (Å²) in [5, 5.41) is 7.55. The smallest absolute Gasteiger partial charge is 0.306 e. The van der Waals surface area contributed by atoms with Crippen LogP contribution in [0.2, 0.25) is 0 Å². The van der Waals surface area contributed by atoms with Crippen molar-refractivity contribution in [1.82, 2.24) is 24.5 Å². The van der Waals surface area contributed by atoms with Crippen LogP contribution in [0.4, 0.5) is 25.0 Å². The average Bonchev–Trinajstić information content (AvgIpc) is 3.96. The molecule has 2 amide bonds. The molecule has 336 valence electrons. The second kappa shape index (κ2) is 24.0. The van der Waals surface area contributed by atoms with Gasteiger partial charge in [-0.05, 0) is 160 Å². The van der Waals surface area contributed by atoms with Crippen LogP contribution in [0.1, 0.15) is 75.6 Å². The van der Waals surface area contributed by atoms with Crippen LogP contribution in [-0.4, -0.2) is 99.5 Å². The van der Waals surface area contributed by atoms with Crippen LogP contribution < -0.4 is 15.2 Å². The van der Waals surface area contributed by atoms with E-state index in [1.165, 1.54) is 12.1 Å². The molecule has 62 heavy (non-hydrogen) atoms. The maximum atomic E-state index is 14.6. The Labute approximate surface area is 364 Å². The average molecular weight is 897 g/mol. The van der Waals surface area contributed by atoms with Gasteiger partial charge < -0.3 is 15.1 Å². The number of nitrogens with two attached hydrogens (primary N) is 1. The van der Waals surface area contributed by atoms with Gasteiger partial charge in [0, 0.05) is 35.9 Å². The number of aromatic nitrogens is 2. The molecular formula is C44H58F2N8O6S2. The summed E-state index contributed by atoms with van der Waals surface area (Å²) < 4.78 is 76.7. The molecule has 0 saturated heterocycles. The van der Waals surface area contributed by atoms with Gasteiger partial charge >= 0.3 is 6.03 Å². The van der Waals surface area contributed by atoms with Gasteiger partial charge in [0.2, 0.25) is 26.1 Å². The first-order valence-corrected chi connectivity index (χ1v) is 24.4. The fourth-order valence-corrected chi connectivity index (χ4v) is 9.13. The molecule has 0 aliphatic heterocycles. The van der Waals surface area contributed by atoms with E-state index in [9.17, 15) is 35.2 Å². The number of fused-ring (bicyclic) bond motifs is 2. The van der Waals surface area contributed by atoms with E-state index in [2.05, 4.69) is 48.6 Å². The van der Waals surface area contributed by atoms with E-state index in [0.717, 1.165) is 68.7 Å². The van der Waals surface area contributed by atoms with E-state index in [1.807, 2.05) is 13.8 Å². The largest absolute Gasteiger partial charge is 0.332 e. The second-order valence-electron chi connectivity index (χ2n) is 14.8. The first-order valence-electron chi connectivity index (χ1n) is 21.0. The van der Waals surface area contributed by atoms with Crippen LogP contribution >= 0.6 is 0 Å². The summed E-state index contributed by atoms with van der Waals surface area (Å²) in [4.78, 5) is 39.3. The molecule has 0 spiro atoms. The number of carbonyl (C=O) groups excluding carboxylic acids is 2. The van der Waals surface area contributed by atoms with E-state index in [0.29, 0.717) is 77.8 Å². The summed E-state index contributed by atoms with van der Waals surface area (Å²) in [6.07, 6.45) is 13.4. The van der Waals surface area contributed by atoms with Gasteiger partial charge in [0.05, 0.1) is 22.9 Å². The van der Waals surface area contributed by atoms with Crippen LogP contribution in [0.25, 0.3) is 22.3 Å². The van der Waals surface area contributed by atoms with E-state index in [1.54, 1.807) is 55.1 Å². The summed E-state index contributed by atoms with van der Waals surface area (Å²) in [6.45, 7) is 13.2. The Morgan fingerprint density at radius 3 is 1.68 bits per heavy atom. The lowest BCUT2D eigenvalue weighted by Gasteiger charge is -2.18. The van der Waals surface area contributed by atoms with Crippen molar-refractivity contribution in [1.29, 1.82) is 0 Å². The Kier molecular flexibility index (Phi) is 19.3. The number of primary sulfonamides is 1. The molecule has 18 heteroatoms. The lowest BCUT2D eigenvalue weighted by Crippen LogP contribution is -2.37. The number of hydrogen-bond acceptors (Lipinski definition) is 11. The summed E-state index contributed by atoms with van der Waals surface area (Å²) in [6, 6.07) is 9.02. The lowest BCUT2D eigenvalue weighted by molar-refractivity contribution is 0.256. The van der Waals surface area contributed by atoms with Gasteiger partial charge in [0.1, 0.15) is 11.6 Å². The van der Waals surface area contributed by atoms with E-state index >= 15 is 0 Å². The number of halogens is 2. The van der Waals surface area contributed by atoms with Crippen LogP contribution in [0.15, 0.2) is 66.2 Å². The predicted octanol–water partition coefficient (Wildman–Crippen LogP) is 6.91. The Bertz CT molecular complexity index is 2380. The molecule has 6 rings (SSSR count). The maximum Gasteiger partial charge on any atom is 0.332 e. The molecule has 4 aromatic rings. The summed E-state index contributed by atoms with van der Waals surface area (Å²) >= 11 is 0. The number of hydrogen-bond donors (Lipinski definition) is 3. The number of anilines is 1. The highest BCUT2D eigenvalue weighted by atomic mass is 32.2. The minimum Gasteiger partial charge on any atom is -0.306 e. The molecule has 0 saturated carbocycles. The number of carbonyl (C=O) groups is 1. The molecule has 0 radical (unpaired) electrons. The number of nitrogens with one attached hydrogen (secondary N) is 2. The zero-order chi connectivity index (χ0) is 45.3. The number of sulfonamides is 2. The molecule has 2 aromatic heterocycles. The van der Waals surface area contributed by atoms with Crippen molar-refractivity contribution in [2.24, 2.45) is 10.1 Å². The molecule has 2 aliphatic carbocycles. The highest BCUT2D eigenvalue weighted by Crippen LogP contribution is 2.41. The van der Waals surface area contributed by atoms with Crippen molar-refractivity contribution < 1.29 is 35.2 Å². The number of rotatable bonds is 17. The van der Waals surface area contributed by atoms with Gasteiger partial charge in [-0.25, -0.2) is 45.1 Å². The van der Waals surface area contributed by atoms with Crippen LogP contribution in [-0.2, 0) is 50.5 Å². The zero-order valence-electron chi connectivity index (χ0n) is 35.9. The zero-order valence-corrected chi connectivity index (χ0v) is 37.6. The molecule has 0 fully saturated rings. The first-order chi connectivity index (χ1) is 29.6. The standard InChI is InChI=1S/C22H29FN4O3S.C15H11FN2O.C7H18N2O2S/c1-3-27(4-2)13-6-14-31(29,30)26-22(28)25-21-18-8-5-7-17(18)20(23)15-19(21)16-9-11-24-12-10-16;16-14-8-13(10-4-6-17-7-5-10)15(18-9-19)12-3-1-2-11(12)14;1-3-9(4-2)6-5-7-12(8,10)11/h9-12,15H,3-8,13-14H2,1-2H3,(H2,25,26,28);4-8H,1-3H2;3-7H2,1-2H3,(H2,8,10,11). The molecule has 2 heterocycles. The van der Waals surface area contributed by atoms with Gasteiger partial charge in [-0.15, -0.1) is 0 Å². The molecular weight excluding hydrogens is 839 g/mol. The number of pyridine rings is 2. The number of urea groups is 1. The van der Waals surface area contributed by atoms with Crippen molar-refractivity contribution in [3.8, 4) is 22.3 Å². The van der Waals surface area contributed by atoms with Crippen LogP contribution in [0, 0.1) is 11.6 Å². The lowest BCUT2D eigenvalue weighted by atomic mass is 9.97. The maximum absolute atomic E-state index is 14.6. The summed E-state index contributed by atoms with van der Waals surface area (Å²) in [7, 11) is -7.05. The number of amides is 2. The minimum absolute atomic E-state index is 0.0868. The SMILES string of the molecule is CCN(CC)CCCS(=O)(=O)NC(=O)Nc1c(-c2ccncc2)cc(F)c2c1CCC2.CCN(CC)CCCS(N)(=O)=O.O=C=Nc1c(-c2ccncc2)cc(F)c2c1CCC2. The van der Waals surface area contributed by atoms with Crippen molar-refractivity contribution in [2.45, 2.75) is 79.1 Å². The molecule has 0 atom stereocenters. The Morgan fingerprint density at radius 2 is 1.18 bits per heavy atom. The third-order valence-electron chi connectivity index (χ3n) is 10.9. The van der Waals surface area contributed by atoms with Crippen molar-refractivity contribution >= 4 is 43.5 Å². The van der Waals surface area contributed by atoms with E-state index < -0.39 is 26.1 Å². The minimum atomic E-state index is -3.79.